The van der Waals surface area contributed by atoms with Gasteiger partial charge >= 0.3 is 0 Å². The van der Waals surface area contributed by atoms with Crippen LogP contribution in [0.2, 0.25) is 0 Å². The first kappa shape index (κ1) is 6.66. The maximum Gasteiger partial charge on any atom is 0.0826 e. The minimum absolute atomic E-state index is 0.558. The van der Waals surface area contributed by atoms with Crippen molar-refractivity contribution in [2.75, 3.05) is 6.54 Å². The van der Waals surface area contributed by atoms with E-state index in [1.54, 1.807) is 0 Å². The zero-order valence-electron chi connectivity index (χ0n) is 7.06. The molecule has 0 aromatic carbocycles. The van der Waals surface area contributed by atoms with E-state index in [1.165, 1.54) is 42.6 Å². The van der Waals surface area contributed by atoms with Gasteiger partial charge in [0.2, 0.25) is 0 Å². The van der Waals surface area contributed by atoms with Crippen molar-refractivity contribution in [3.05, 3.63) is 17.0 Å². The zero-order valence-corrected chi connectivity index (χ0v) is 7.06. The maximum atomic E-state index is 4.37. The van der Waals surface area contributed by atoms with Crippen LogP contribution in [0, 0.1) is 0 Å². The van der Waals surface area contributed by atoms with Crippen LogP contribution in [0.1, 0.15) is 35.8 Å². The highest BCUT2D eigenvalue weighted by Crippen LogP contribution is 2.30. The van der Waals surface area contributed by atoms with Gasteiger partial charge < -0.3 is 5.32 Å². The summed E-state index contributed by atoms with van der Waals surface area (Å²) in [6.45, 7) is 1.16. The Labute approximate surface area is 71.6 Å². The van der Waals surface area contributed by atoms with Crippen molar-refractivity contribution in [1.82, 2.24) is 15.5 Å². The summed E-state index contributed by atoms with van der Waals surface area (Å²) >= 11 is 0. The summed E-state index contributed by atoms with van der Waals surface area (Å²) in [5.74, 6) is 0. The van der Waals surface area contributed by atoms with Crippen molar-refractivity contribution in [3.8, 4) is 0 Å². The van der Waals surface area contributed by atoms with Gasteiger partial charge in [-0.2, -0.15) is 5.10 Å². The number of aryl methyl sites for hydroxylation is 1. The van der Waals surface area contributed by atoms with Crippen LogP contribution in [0.5, 0.6) is 0 Å². The zero-order chi connectivity index (χ0) is 7.97. The summed E-state index contributed by atoms with van der Waals surface area (Å²) in [6, 6.07) is 0.558. The highest BCUT2D eigenvalue weighted by molar-refractivity contribution is 5.32. The van der Waals surface area contributed by atoms with Gasteiger partial charge in [0, 0.05) is 5.69 Å². The van der Waals surface area contributed by atoms with Crippen molar-refractivity contribution >= 4 is 0 Å². The molecule has 2 heterocycles. The number of rotatable bonds is 1. The molecular weight excluding hydrogens is 150 g/mol. The Bertz CT molecular complexity index is 299. The average molecular weight is 163 g/mol. The molecule has 1 unspecified atom stereocenters. The van der Waals surface area contributed by atoms with Crippen molar-refractivity contribution in [1.29, 1.82) is 0 Å². The molecule has 0 saturated carbocycles. The van der Waals surface area contributed by atoms with Crippen molar-refractivity contribution in [2.24, 2.45) is 0 Å². The molecule has 1 aliphatic heterocycles. The first-order valence-corrected chi connectivity index (χ1v) is 4.74. The Morgan fingerprint density at radius 3 is 3.00 bits per heavy atom. The van der Waals surface area contributed by atoms with Gasteiger partial charge in [0.25, 0.3) is 0 Å². The van der Waals surface area contributed by atoms with E-state index < -0.39 is 0 Å². The van der Waals surface area contributed by atoms with Crippen LogP contribution in [-0.2, 0) is 12.8 Å². The minimum Gasteiger partial charge on any atom is -0.308 e. The van der Waals surface area contributed by atoms with Crippen LogP contribution >= 0.6 is 0 Å². The molecule has 0 spiro atoms. The molecule has 1 aromatic rings. The molecule has 2 aliphatic rings. The molecule has 1 aromatic heterocycles. The summed E-state index contributed by atoms with van der Waals surface area (Å²) in [5, 5.41) is 10.9. The standard InChI is InChI=1S/C9H13N3/c1-2-6-7(3-1)11-12-9(6)8-4-5-10-8/h8,10H,1-5H2,(H,11,12). The van der Waals surface area contributed by atoms with E-state index in [-0.39, 0.29) is 0 Å². The fourth-order valence-electron chi connectivity index (χ4n) is 2.16. The van der Waals surface area contributed by atoms with E-state index in [1.807, 2.05) is 0 Å². The Morgan fingerprint density at radius 2 is 2.25 bits per heavy atom. The largest absolute Gasteiger partial charge is 0.308 e. The van der Waals surface area contributed by atoms with Gasteiger partial charge in [0.15, 0.2) is 0 Å². The Balaban J connectivity index is 1.99. The predicted molar refractivity (Wildman–Crippen MR) is 46.0 cm³/mol. The van der Waals surface area contributed by atoms with Crippen LogP contribution in [0.4, 0.5) is 0 Å². The summed E-state index contributed by atoms with van der Waals surface area (Å²) in [4.78, 5) is 0. The van der Waals surface area contributed by atoms with Crippen LogP contribution in [0.25, 0.3) is 0 Å². The van der Waals surface area contributed by atoms with Crippen molar-refractivity contribution in [3.63, 3.8) is 0 Å². The van der Waals surface area contributed by atoms with E-state index in [4.69, 9.17) is 0 Å². The fourth-order valence-corrected chi connectivity index (χ4v) is 2.16. The number of hydrogen-bond donors (Lipinski definition) is 2. The second-order valence-electron chi connectivity index (χ2n) is 3.71. The third-order valence-corrected chi connectivity index (χ3v) is 2.99. The highest BCUT2D eigenvalue weighted by Gasteiger charge is 2.27. The molecule has 1 fully saturated rings. The first-order chi connectivity index (χ1) is 5.95. The summed E-state index contributed by atoms with van der Waals surface area (Å²) in [6.07, 6.45) is 5.01. The lowest BCUT2D eigenvalue weighted by Gasteiger charge is -2.26. The van der Waals surface area contributed by atoms with Crippen LogP contribution in [-0.4, -0.2) is 16.7 Å². The summed E-state index contributed by atoms with van der Waals surface area (Å²) < 4.78 is 0. The lowest BCUT2D eigenvalue weighted by atomic mass is 9.99. The molecule has 0 radical (unpaired) electrons. The number of nitrogens with one attached hydrogen (secondary N) is 2. The number of hydrogen-bond acceptors (Lipinski definition) is 2. The Hall–Kier alpha value is -0.830. The smallest absolute Gasteiger partial charge is 0.0826 e. The molecule has 0 bridgehead atoms. The Morgan fingerprint density at radius 1 is 1.33 bits per heavy atom. The van der Waals surface area contributed by atoms with Gasteiger partial charge in [-0.1, -0.05) is 0 Å². The molecule has 3 heteroatoms. The van der Waals surface area contributed by atoms with Gasteiger partial charge in [-0.05, 0) is 37.8 Å². The number of H-pyrrole nitrogens is 1. The fraction of sp³-hybridized carbons (Fsp3) is 0.667. The molecular formula is C9H13N3. The van der Waals surface area contributed by atoms with E-state index in [9.17, 15) is 0 Å². The van der Waals surface area contributed by atoms with Crippen molar-refractivity contribution < 1.29 is 0 Å². The van der Waals surface area contributed by atoms with E-state index >= 15 is 0 Å². The maximum absolute atomic E-state index is 4.37. The van der Waals surface area contributed by atoms with Gasteiger partial charge in [0.05, 0.1) is 11.7 Å². The normalized spacial score (nSPS) is 26.8. The number of fused-ring (bicyclic) bond motifs is 1. The SMILES string of the molecule is C1Cc2[nH]nc(C3CCN3)c2C1. The Kier molecular flexibility index (Phi) is 1.29. The second kappa shape index (κ2) is 2.33. The van der Waals surface area contributed by atoms with Gasteiger partial charge in [-0.25, -0.2) is 0 Å². The predicted octanol–water partition coefficient (Wildman–Crippen LogP) is 0.933. The van der Waals surface area contributed by atoms with Crippen LogP contribution in [0.3, 0.4) is 0 Å². The molecule has 1 aliphatic carbocycles. The lowest BCUT2D eigenvalue weighted by Crippen LogP contribution is -2.35. The van der Waals surface area contributed by atoms with Crippen LogP contribution in [0.15, 0.2) is 0 Å². The lowest BCUT2D eigenvalue weighted by molar-refractivity contribution is 0.372. The quantitative estimate of drug-likeness (QED) is 0.646. The molecule has 1 atom stereocenters. The number of aromatic nitrogens is 2. The molecule has 3 nitrogen and oxygen atoms in total. The molecule has 64 valence electrons. The van der Waals surface area contributed by atoms with Crippen LogP contribution < -0.4 is 5.32 Å². The monoisotopic (exact) mass is 163 g/mol. The number of nitrogens with zero attached hydrogens (tertiary/aromatic N) is 1. The van der Waals surface area contributed by atoms with E-state index in [0.717, 1.165) is 6.54 Å². The van der Waals surface area contributed by atoms with Gasteiger partial charge in [-0.15, -0.1) is 0 Å². The molecule has 3 rings (SSSR count). The molecule has 1 saturated heterocycles. The molecule has 2 N–H and O–H groups in total. The highest BCUT2D eigenvalue weighted by atomic mass is 15.2. The molecule has 0 amide bonds. The third kappa shape index (κ3) is 0.771. The van der Waals surface area contributed by atoms with E-state index in [2.05, 4.69) is 15.5 Å². The van der Waals surface area contributed by atoms with E-state index in [0.29, 0.717) is 6.04 Å². The topological polar surface area (TPSA) is 40.7 Å². The summed E-state index contributed by atoms with van der Waals surface area (Å²) in [7, 11) is 0. The van der Waals surface area contributed by atoms with Crippen molar-refractivity contribution in [2.45, 2.75) is 31.7 Å². The van der Waals surface area contributed by atoms with Gasteiger partial charge in [0.1, 0.15) is 0 Å². The average Bonchev–Trinajstić information content (AvgIpc) is 2.48. The molecule has 12 heavy (non-hydrogen) atoms. The van der Waals surface area contributed by atoms with Gasteiger partial charge in [-0.3, -0.25) is 5.10 Å². The number of aromatic amines is 1. The first-order valence-electron chi connectivity index (χ1n) is 4.74. The third-order valence-electron chi connectivity index (χ3n) is 2.99. The minimum atomic E-state index is 0.558. The summed E-state index contributed by atoms with van der Waals surface area (Å²) in [5.41, 5.74) is 4.19. The second-order valence-corrected chi connectivity index (χ2v) is 3.71.